The number of sulfonamides is 1. The first kappa shape index (κ1) is 19.7. The molecule has 1 aliphatic heterocycles. The first-order valence-corrected chi connectivity index (χ1v) is 10.6. The Kier molecular flexibility index (Phi) is 6.06. The number of carbonyl (C=O) groups is 1. The summed E-state index contributed by atoms with van der Waals surface area (Å²) in [5.74, 6) is 1.15. The summed E-state index contributed by atoms with van der Waals surface area (Å²) in [5.41, 5.74) is 0. The molecule has 3 rings (SSSR count). The molecule has 2 aliphatic rings. The number of nitrogens with zero attached hydrogens (tertiary/aromatic N) is 2. The van der Waals surface area contributed by atoms with Crippen LogP contribution in [0.1, 0.15) is 19.3 Å². The number of methoxy groups -OCH3 is 2. The zero-order valence-electron chi connectivity index (χ0n) is 15.8. The fourth-order valence-corrected chi connectivity index (χ4v) is 5.11. The van der Waals surface area contributed by atoms with Gasteiger partial charge in [0.2, 0.25) is 15.9 Å². The molecule has 1 amide bonds. The van der Waals surface area contributed by atoms with Gasteiger partial charge in [-0.2, -0.15) is 4.31 Å². The van der Waals surface area contributed by atoms with E-state index in [1.165, 1.54) is 24.6 Å². The molecule has 148 valence electrons. The number of hydrogen-bond acceptors (Lipinski definition) is 5. The molecule has 0 saturated carbocycles. The molecule has 8 heteroatoms. The van der Waals surface area contributed by atoms with Crippen LogP contribution in [-0.2, 0) is 14.8 Å². The summed E-state index contributed by atoms with van der Waals surface area (Å²) < 4.78 is 37.9. The van der Waals surface area contributed by atoms with Gasteiger partial charge in [-0.05, 0) is 30.9 Å². The highest BCUT2D eigenvalue weighted by molar-refractivity contribution is 7.89. The molecule has 1 unspecified atom stereocenters. The lowest BCUT2D eigenvalue weighted by Crippen LogP contribution is -2.50. The Morgan fingerprint density at radius 1 is 1.15 bits per heavy atom. The van der Waals surface area contributed by atoms with Crippen LogP contribution in [0.3, 0.4) is 0 Å². The SMILES string of the molecule is COc1ccc(OC)c(S(=O)(=O)N2CCN(C(=O)CC3C=CCC3)CC2)c1. The van der Waals surface area contributed by atoms with Crippen molar-refractivity contribution in [3.05, 3.63) is 30.4 Å². The molecule has 1 aromatic carbocycles. The smallest absolute Gasteiger partial charge is 0.247 e. The van der Waals surface area contributed by atoms with Crippen LogP contribution >= 0.6 is 0 Å². The summed E-state index contributed by atoms with van der Waals surface area (Å²) >= 11 is 0. The van der Waals surface area contributed by atoms with E-state index >= 15 is 0 Å². The highest BCUT2D eigenvalue weighted by Crippen LogP contribution is 2.31. The van der Waals surface area contributed by atoms with Gasteiger partial charge < -0.3 is 14.4 Å². The van der Waals surface area contributed by atoms with Gasteiger partial charge in [0.1, 0.15) is 16.4 Å². The number of hydrogen-bond donors (Lipinski definition) is 0. The van der Waals surface area contributed by atoms with Gasteiger partial charge in [-0.3, -0.25) is 4.79 Å². The maximum Gasteiger partial charge on any atom is 0.247 e. The van der Waals surface area contributed by atoms with Crippen molar-refractivity contribution in [2.75, 3.05) is 40.4 Å². The van der Waals surface area contributed by atoms with Crippen molar-refractivity contribution in [1.82, 2.24) is 9.21 Å². The highest BCUT2D eigenvalue weighted by atomic mass is 32.2. The molecule has 0 N–H and O–H groups in total. The van der Waals surface area contributed by atoms with Crippen LogP contribution in [0.5, 0.6) is 11.5 Å². The third-order valence-electron chi connectivity index (χ3n) is 5.13. The van der Waals surface area contributed by atoms with Crippen LogP contribution in [-0.4, -0.2) is 63.9 Å². The highest BCUT2D eigenvalue weighted by Gasteiger charge is 2.32. The topological polar surface area (TPSA) is 76.2 Å². The molecule has 1 heterocycles. The number of rotatable bonds is 6. The molecule has 1 aliphatic carbocycles. The van der Waals surface area contributed by atoms with Gasteiger partial charge in [0.05, 0.1) is 14.2 Å². The molecule has 27 heavy (non-hydrogen) atoms. The van der Waals surface area contributed by atoms with Crippen molar-refractivity contribution < 1.29 is 22.7 Å². The summed E-state index contributed by atoms with van der Waals surface area (Å²) in [7, 11) is -0.802. The monoisotopic (exact) mass is 394 g/mol. The fraction of sp³-hybridized carbons (Fsp3) is 0.526. The van der Waals surface area contributed by atoms with Crippen molar-refractivity contribution in [2.45, 2.75) is 24.2 Å². The summed E-state index contributed by atoms with van der Waals surface area (Å²) in [6, 6.07) is 4.71. The number of allylic oxidation sites excluding steroid dienone is 2. The fourth-order valence-electron chi connectivity index (χ4n) is 3.52. The number of piperazine rings is 1. The maximum atomic E-state index is 13.1. The lowest BCUT2D eigenvalue weighted by Gasteiger charge is -2.34. The molecule has 0 radical (unpaired) electrons. The quantitative estimate of drug-likeness (QED) is 0.689. The minimum absolute atomic E-state index is 0.0835. The van der Waals surface area contributed by atoms with Gasteiger partial charge in [-0.25, -0.2) is 8.42 Å². The van der Waals surface area contributed by atoms with Gasteiger partial charge in [0.25, 0.3) is 0 Å². The molecule has 1 fully saturated rings. The standard InChI is InChI=1S/C19H26N2O5S/c1-25-16-7-8-17(26-2)18(14-16)27(23,24)21-11-9-20(10-12-21)19(22)13-15-5-3-4-6-15/h3,5,7-8,14-15H,4,6,9-13H2,1-2H3. The molecular weight excluding hydrogens is 368 g/mol. The summed E-state index contributed by atoms with van der Waals surface area (Å²) in [4.78, 5) is 14.3. The zero-order valence-corrected chi connectivity index (χ0v) is 16.6. The minimum atomic E-state index is -3.73. The largest absolute Gasteiger partial charge is 0.497 e. The van der Waals surface area contributed by atoms with E-state index in [9.17, 15) is 13.2 Å². The van der Waals surface area contributed by atoms with E-state index in [4.69, 9.17) is 9.47 Å². The maximum absolute atomic E-state index is 13.1. The lowest BCUT2D eigenvalue weighted by molar-refractivity contribution is -0.133. The minimum Gasteiger partial charge on any atom is -0.497 e. The first-order chi connectivity index (χ1) is 13.0. The Hall–Kier alpha value is -2.06. The lowest BCUT2D eigenvalue weighted by atomic mass is 10.0. The number of ether oxygens (including phenoxy) is 2. The van der Waals surface area contributed by atoms with Gasteiger partial charge in [0.15, 0.2) is 0 Å². The van der Waals surface area contributed by atoms with E-state index in [1.54, 1.807) is 17.0 Å². The molecule has 7 nitrogen and oxygen atoms in total. The van der Waals surface area contributed by atoms with Crippen LogP contribution in [0.2, 0.25) is 0 Å². The van der Waals surface area contributed by atoms with Gasteiger partial charge in [-0.15, -0.1) is 0 Å². The summed E-state index contributed by atoms with van der Waals surface area (Å²) in [6.45, 7) is 1.35. The van der Waals surface area contributed by atoms with E-state index < -0.39 is 10.0 Å². The second-order valence-corrected chi connectivity index (χ2v) is 8.68. The third kappa shape index (κ3) is 4.27. The molecule has 1 atom stereocenters. The van der Waals surface area contributed by atoms with Gasteiger partial charge in [0, 0.05) is 38.7 Å². The summed E-state index contributed by atoms with van der Waals surface area (Å²) in [6.07, 6.45) is 6.78. The number of amides is 1. The average molecular weight is 394 g/mol. The summed E-state index contributed by atoms with van der Waals surface area (Å²) in [5, 5.41) is 0. The molecule has 0 bridgehead atoms. The van der Waals surface area contributed by atoms with Gasteiger partial charge in [-0.1, -0.05) is 12.2 Å². The number of carbonyl (C=O) groups excluding carboxylic acids is 1. The Morgan fingerprint density at radius 2 is 1.89 bits per heavy atom. The van der Waals surface area contributed by atoms with E-state index in [2.05, 4.69) is 12.2 Å². The molecule has 1 saturated heterocycles. The molecule has 0 spiro atoms. The van der Waals surface area contributed by atoms with Gasteiger partial charge >= 0.3 is 0 Å². The predicted octanol–water partition coefficient (Wildman–Crippen LogP) is 1.89. The van der Waals surface area contributed by atoms with E-state index in [-0.39, 0.29) is 29.6 Å². The third-order valence-corrected chi connectivity index (χ3v) is 7.05. The van der Waals surface area contributed by atoms with E-state index in [0.29, 0.717) is 31.2 Å². The molecule has 1 aromatic rings. The van der Waals surface area contributed by atoms with Crippen LogP contribution in [0.25, 0.3) is 0 Å². The Bertz CT molecular complexity index is 813. The zero-order chi connectivity index (χ0) is 19.4. The predicted molar refractivity (Wildman–Crippen MR) is 101 cm³/mol. The van der Waals surface area contributed by atoms with Crippen LogP contribution in [0.4, 0.5) is 0 Å². The van der Waals surface area contributed by atoms with Crippen molar-refractivity contribution in [3.63, 3.8) is 0 Å². The Balaban J connectivity index is 1.68. The normalized spacial score (nSPS) is 20.7. The first-order valence-electron chi connectivity index (χ1n) is 9.12. The van der Waals surface area contributed by atoms with Crippen molar-refractivity contribution >= 4 is 15.9 Å². The van der Waals surface area contributed by atoms with Crippen LogP contribution in [0.15, 0.2) is 35.2 Å². The Labute approximate surface area is 160 Å². The average Bonchev–Trinajstić information content (AvgIpc) is 3.20. The second kappa shape index (κ2) is 8.31. The van der Waals surface area contributed by atoms with Crippen molar-refractivity contribution in [2.24, 2.45) is 5.92 Å². The second-order valence-electron chi connectivity index (χ2n) is 6.77. The molecule has 0 aromatic heterocycles. The molecular formula is C19H26N2O5S. The van der Waals surface area contributed by atoms with Crippen molar-refractivity contribution in [3.8, 4) is 11.5 Å². The van der Waals surface area contributed by atoms with E-state index in [0.717, 1.165) is 12.8 Å². The van der Waals surface area contributed by atoms with Crippen LogP contribution < -0.4 is 9.47 Å². The van der Waals surface area contributed by atoms with Crippen LogP contribution in [0, 0.1) is 5.92 Å². The van der Waals surface area contributed by atoms with E-state index in [1.807, 2.05) is 0 Å². The number of benzene rings is 1. The van der Waals surface area contributed by atoms with Crippen molar-refractivity contribution in [1.29, 1.82) is 0 Å². The Morgan fingerprint density at radius 3 is 2.48 bits per heavy atom.